The molecule has 0 aliphatic rings. The standard InChI is InChI=1S/C10H12ClN3O/c1-6(5-12)14-9-7(11)3-2-4-8(9)13-10(14)15/h2-4,6H,5,12H2,1H3,(H,13,15). The molecule has 80 valence electrons. The smallest absolute Gasteiger partial charge is 0.326 e. The van der Waals surface area contributed by atoms with Gasteiger partial charge in [0.15, 0.2) is 0 Å². The second-order valence-electron chi connectivity index (χ2n) is 3.52. The van der Waals surface area contributed by atoms with Crippen LogP contribution in [0, 0.1) is 0 Å². The molecule has 0 saturated carbocycles. The number of H-pyrrole nitrogens is 1. The van der Waals surface area contributed by atoms with E-state index in [-0.39, 0.29) is 11.7 Å². The van der Waals surface area contributed by atoms with Crippen LogP contribution in [-0.4, -0.2) is 16.1 Å². The summed E-state index contributed by atoms with van der Waals surface area (Å²) in [5.74, 6) is 0. The van der Waals surface area contributed by atoms with Crippen molar-refractivity contribution in [3.8, 4) is 0 Å². The fourth-order valence-electron chi connectivity index (χ4n) is 1.66. The third-order valence-corrected chi connectivity index (χ3v) is 2.77. The molecule has 1 unspecified atom stereocenters. The van der Waals surface area contributed by atoms with Crippen LogP contribution in [0.5, 0.6) is 0 Å². The Kier molecular flexibility index (Phi) is 2.54. The maximum Gasteiger partial charge on any atom is 0.326 e. The number of hydrogen-bond acceptors (Lipinski definition) is 2. The molecule has 0 saturated heterocycles. The largest absolute Gasteiger partial charge is 0.328 e. The molecule has 3 N–H and O–H groups in total. The molecule has 2 aromatic rings. The number of rotatable bonds is 2. The average Bonchev–Trinajstić information content (AvgIpc) is 2.55. The van der Waals surface area contributed by atoms with E-state index in [1.165, 1.54) is 0 Å². The van der Waals surface area contributed by atoms with E-state index in [9.17, 15) is 4.79 Å². The van der Waals surface area contributed by atoms with Crippen molar-refractivity contribution >= 4 is 22.6 Å². The molecule has 0 amide bonds. The number of nitrogens with one attached hydrogen (secondary N) is 1. The van der Waals surface area contributed by atoms with Gasteiger partial charge in [0.25, 0.3) is 0 Å². The first kappa shape index (κ1) is 10.3. The van der Waals surface area contributed by atoms with E-state index >= 15 is 0 Å². The molecule has 5 heteroatoms. The van der Waals surface area contributed by atoms with Gasteiger partial charge in [-0.3, -0.25) is 4.57 Å². The molecule has 15 heavy (non-hydrogen) atoms. The summed E-state index contributed by atoms with van der Waals surface area (Å²) in [4.78, 5) is 14.4. The van der Waals surface area contributed by atoms with Crippen molar-refractivity contribution in [3.05, 3.63) is 33.7 Å². The Hall–Kier alpha value is -1.26. The van der Waals surface area contributed by atoms with Crippen LogP contribution in [0.1, 0.15) is 13.0 Å². The Bertz CT molecular complexity index is 543. The van der Waals surface area contributed by atoms with Crippen LogP contribution in [-0.2, 0) is 0 Å². The van der Waals surface area contributed by atoms with Crippen molar-refractivity contribution in [2.75, 3.05) is 6.54 Å². The van der Waals surface area contributed by atoms with E-state index in [4.69, 9.17) is 17.3 Å². The Morgan fingerprint density at radius 2 is 2.33 bits per heavy atom. The summed E-state index contributed by atoms with van der Waals surface area (Å²) in [6.07, 6.45) is 0. The first-order chi connectivity index (χ1) is 7.15. The quantitative estimate of drug-likeness (QED) is 0.814. The monoisotopic (exact) mass is 225 g/mol. The highest BCUT2D eigenvalue weighted by Crippen LogP contribution is 2.22. The Morgan fingerprint density at radius 3 is 3.00 bits per heavy atom. The van der Waals surface area contributed by atoms with Crippen LogP contribution in [0.25, 0.3) is 11.0 Å². The first-order valence-corrected chi connectivity index (χ1v) is 5.11. The zero-order valence-electron chi connectivity index (χ0n) is 8.33. The number of hydrogen-bond donors (Lipinski definition) is 2. The lowest BCUT2D eigenvalue weighted by atomic mass is 10.3. The molecule has 0 fully saturated rings. The van der Waals surface area contributed by atoms with Gasteiger partial charge in [-0.25, -0.2) is 4.79 Å². The van der Waals surface area contributed by atoms with Gasteiger partial charge in [-0.2, -0.15) is 0 Å². The predicted molar refractivity (Wildman–Crippen MR) is 61.3 cm³/mol. The molecule has 0 spiro atoms. The van der Waals surface area contributed by atoms with Crippen LogP contribution in [0.4, 0.5) is 0 Å². The third-order valence-electron chi connectivity index (χ3n) is 2.47. The zero-order chi connectivity index (χ0) is 11.0. The molecule has 1 aromatic carbocycles. The molecule has 0 aliphatic heterocycles. The number of para-hydroxylation sites is 1. The number of imidazole rings is 1. The number of nitrogens with zero attached hydrogens (tertiary/aromatic N) is 1. The Labute approximate surface area is 91.7 Å². The number of halogens is 1. The van der Waals surface area contributed by atoms with E-state index in [2.05, 4.69) is 4.98 Å². The summed E-state index contributed by atoms with van der Waals surface area (Å²) < 4.78 is 1.59. The maximum atomic E-state index is 11.7. The summed E-state index contributed by atoms with van der Waals surface area (Å²) >= 11 is 6.06. The van der Waals surface area contributed by atoms with E-state index in [0.717, 1.165) is 11.0 Å². The molecule has 0 bridgehead atoms. The highest BCUT2D eigenvalue weighted by molar-refractivity contribution is 6.34. The summed E-state index contributed by atoms with van der Waals surface area (Å²) in [5.41, 5.74) is 6.85. The van der Waals surface area contributed by atoms with Gasteiger partial charge in [0, 0.05) is 12.6 Å². The normalized spacial score (nSPS) is 13.3. The topological polar surface area (TPSA) is 63.8 Å². The van der Waals surface area contributed by atoms with Crippen molar-refractivity contribution in [2.45, 2.75) is 13.0 Å². The Balaban J connectivity index is 2.82. The lowest BCUT2D eigenvalue weighted by molar-refractivity contribution is 0.557. The summed E-state index contributed by atoms with van der Waals surface area (Å²) in [6, 6.07) is 5.32. The molecular formula is C10H12ClN3O. The van der Waals surface area contributed by atoms with Crippen molar-refractivity contribution in [2.24, 2.45) is 5.73 Å². The molecule has 1 heterocycles. The van der Waals surface area contributed by atoms with Crippen molar-refractivity contribution in [1.82, 2.24) is 9.55 Å². The second-order valence-corrected chi connectivity index (χ2v) is 3.93. The number of fused-ring (bicyclic) bond motifs is 1. The van der Waals surface area contributed by atoms with E-state index in [0.29, 0.717) is 11.6 Å². The lowest BCUT2D eigenvalue weighted by Gasteiger charge is -2.10. The van der Waals surface area contributed by atoms with Gasteiger partial charge in [-0.05, 0) is 19.1 Å². The maximum absolute atomic E-state index is 11.7. The minimum absolute atomic E-state index is 0.0638. The summed E-state index contributed by atoms with van der Waals surface area (Å²) in [7, 11) is 0. The molecule has 2 rings (SSSR count). The summed E-state index contributed by atoms with van der Waals surface area (Å²) in [5, 5.41) is 0.561. The predicted octanol–water partition coefficient (Wildman–Crippen LogP) is 1.50. The van der Waals surface area contributed by atoms with Gasteiger partial charge in [0.2, 0.25) is 0 Å². The fourth-order valence-corrected chi connectivity index (χ4v) is 1.93. The molecular weight excluding hydrogens is 214 g/mol. The molecule has 0 radical (unpaired) electrons. The number of aromatic nitrogens is 2. The molecule has 1 atom stereocenters. The van der Waals surface area contributed by atoms with Crippen molar-refractivity contribution in [1.29, 1.82) is 0 Å². The van der Waals surface area contributed by atoms with Crippen LogP contribution in [0.15, 0.2) is 23.0 Å². The van der Waals surface area contributed by atoms with Gasteiger partial charge >= 0.3 is 5.69 Å². The minimum Gasteiger partial charge on any atom is -0.328 e. The van der Waals surface area contributed by atoms with E-state index in [1.54, 1.807) is 16.7 Å². The van der Waals surface area contributed by atoms with Gasteiger partial charge in [0.1, 0.15) is 0 Å². The van der Waals surface area contributed by atoms with Gasteiger partial charge < -0.3 is 10.7 Å². The van der Waals surface area contributed by atoms with Gasteiger partial charge in [-0.1, -0.05) is 17.7 Å². The van der Waals surface area contributed by atoms with Crippen molar-refractivity contribution in [3.63, 3.8) is 0 Å². The second kappa shape index (κ2) is 3.72. The number of benzene rings is 1. The average molecular weight is 226 g/mol. The lowest BCUT2D eigenvalue weighted by Crippen LogP contribution is -2.25. The van der Waals surface area contributed by atoms with Crippen LogP contribution >= 0.6 is 11.6 Å². The third kappa shape index (κ3) is 1.56. The Morgan fingerprint density at radius 1 is 1.60 bits per heavy atom. The zero-order valence-corrected chi connectivity index (χ0v) is 9.08. The van der Waals surface area contributed by atoms with Gasteiger partial charge in [-0.15, -0.1) is 0 Å². The summed E-state index contributed by atoms with van der Waals surface area (Å²) in [6.45, 7) is 2.29. The molecule has 0 aliphatic carbocycles. The SMILES string of the molecule is CC(CN)n1c(=O)[nH]c2cccc(Cl)c21. The van der Waals surface area contributed by atoms with Crippen molar-refractivity contribution < 1.29 is 0 Å². The number of nitrogens with two attached hydrogens (primary N) is 1. The first-order valence-electron chi connectivity index (χ1n) is 4.74. The highest BCUT2D eigenvalue weighted by atomic mass is 35.5. The van der Waals surface area contributed by atoms with Crippen LogP contribution in [0.2, 0.25) is 5.02 Å². The fraction of sp³-hybridized carbons (Fsp3) is 0.300. The number of aromatic amines is 1. The minimum atomic E-state index is -0.170. The molecule has 1 aromatic heterocycles. The van der Waals surface area contributed by atoms with Gasteiger partial charge in [0.05, 0.1) is 16.1 Å². The van der Waals surface area contributed by atoms with E-state index < -0.39 is 0 Å². The molecule has 4 nitrogen and oxygen atoms in total. The van der Waals surface area contributed by atoms with Crippen LogP contribution < -0.4 is 11.4 Å². The van der Waals surface area contributed by atoms with E-state index in [1.807, 2.05) is 13.0 Å². The highest BCUT2D eigenvalue weighted by Gasteiger charge is 2.13. The van der Waals surface area contributed by atoms with Crippen LogP contribution in [0.3, 0.4) is 0 Å².